The lowest BCUT2D eigenvalue weighted by molar-refractivity contribution is -0.274. The van der Waals surface area contributed by atoms with E-state index in [9.17, 15) is 13.2 Å². The summed E-state index contributed by atoms with van der Waals surface area (Å²) in [6.07, 6.45) is -4.73. The fourth-order valence-electron chi connectivity index (χ4n) is 2.36. The average Bonchev–Trinajstić information content (AvgIpc) is 2.55. The number of aliphatic imine (C=N–C) groups is 2. The van der Waals surface area contributed by atoms with Crippen LogP contribution in [0.2, 0.25) is 0 Å². The van der Waals surface area contributed by atoms with Gasteiger partial charge in [-0.25, -0.2) is 4.99 Å². The Morgan fingerprint density at radius 3 is 2.19 bits per heavy atom. The van der Waals surface area contributed by atoms with Crippen LogP contribution in [0.5, 0.6) is 5.75 Å². The SMILES string of the molecule is CCN1CCN(C(N)=NC(N)=Nc2ccc(OC(F)(F)F)cc2)CC1.Cl. The van der Waals surface area contributed by atoms with Crippen LogP contribution >= 0.6 is 12.4 Å². The Labute approximate surface area is 155 Å². The fourth-order valence-corrected chi connectivity index (χ4v) is 2.36. The maximum Gasteiger partial charge on any atom is 0.573 e. The van der Waals surface area contributed by atoms with Crippen LogP contribution in [0.15, 0.2) is 34.3 Å². The van der Waals surface area contributed by atoms with Crippen molar-refractivity contribution in [2.75, 3.05) is 32.7 Å². The van der Waals surface area contributed by atoms with Crippen LogP contribution < -0.4 is 16.2 Å². The first kappa shape index (κ1) is 21.8. The van der Waals surface area contributed by atoms with Crippen molar-refractivity contribution in [3.05, 3.63) is 24.3 Å². The van der Waals surface area contributed by atoms with Crippen molar-refractivity contribution in [1.29, 1.82) is 0 Å². The van der Waals surface area contributed by atoms with Crippen molar-refractivity contribution in [2.24, 2.45) is 21.5 Å². The van der Waals surface area contributed by atoms with Gasteiger partial charge in [0.15, 0.2) is 5.96 Å². The second-order valence-electron chi connectivity index (χ2n) is 5.40. The van der Waals surface area contributed by atoms with E-state index in [1.165, 1.54) is 12.1 Å². The van der Waals surface area contributed by atoms with Gasteiger partial charge in [0.1, 0.15) is 5.75 Å². The number of nitrogens with two attached hydrogens (primary N) is 2. The molecule has 0 bridgehead atoms. The fraction of sp³-hybridized carbons (Fsp3) is 0.467. The number of nitrogens with zero attached hydrogens (tertiary/aromatic N) is 4. The standard InChI is InChI=1S/C15H21F3N6O.ClH/c1-2-23-7-9-24(10-8-23)14(20)22-13(19)21-11-3-5-12(6-4-11)25-15(16,17)18;/h3-6H,2,7-10H2,1H3,(H4,19,20,21,22);1H. The van der Waals surface area contributed by atoms with Crippen molar-refractivity contribution in [3.63, 3.8) is 0 Å². The summed E-state index contributed by atoms with van der Waals surface area (Å²) in [5.41, 5.74) is 12.0. The number of piperazine rings is 1. The van der Waals surface area contributed by atoms with E-state index in [1.807, 2.05) is 4.90 Å². The number of rotatable bonds is 3. The Hall–Kier alpha value is -2.20. The number of benzene rings is 1. The third-order valence-corrected chi connectivity index (χ3v) is 3.69. The maximum absolute atomic E-state index is 12.1. The average molecular weight is 395 g/mol. The molecule has 0 unspecified atom stereocenters. The summed E-state index contributed by atoms with van der Waals surface area (Å²) in [6, 6.07) is 4.99. The lowest BCUT2D eigenvalue weighted by Gasteiger charge is -2.34. The van der Waals surface area contributed by atoms with Gasteiger partial charge in [-0.1, -0.05) is 6.92 Å². The number of guanidine groups is 2. The molecule has 0 amide bonds. The predicted octanol–water partition coefficient (Wildman–Crippen LogP) is 1.91. The number of likely N-dealkylation sites (N-methyl/N-ethyl adjacent to an activating group) is 1. The van der Waals surface area contributed by atoms with Gasteiger partial charge < -0.3 is 26.0 Å². The minimum absolute atomic E-state index is 0. The second kappa shape index (κ2) is 9.48. The van der Waals surface area contributed by atoms with Gasteiger partial charge in [-0.3, -0.25) is 0 Å². The summed E-state index contributed by atoms with van der Waals surface area (Å²) in [5.74, 6) is -0.129. The quantitative estimate of drug-likeness (QED) is 0.603. The molecule has 7 nitrogen and oxygen atoms in total. The number of halogens is 4. The Morgan fingerprint density at radius 1 is 1.12 bits per heavy atom. The summed E-state index contributed by atoms with van der Waals surface area (Å²) < 4.78 is 40.1. The van der Waals surface area contributed by atoms with Crippen LogP contribution in [-0.2, 0) is 0 Å². The predicted molar refractivity (Wildman–Crippen MR) is 97.0 cm³/mol. The lowest BCUT2D eigenvalue weighted by atomic mass is 10.3. The molecule has 1 saturated heterocycles. The molecule has 1 aromatic carbocycles. The Morgan fingerprint density at radius 2 is 1.69 bits per heavy atom. The molecule has 146 valence electrons. The van der Waals surface area contributed by atoms with E-state index in [2.05, 4.69) is 26.5 Å². The molecular weight excluding hydrogens is 373 g/mol. The second-order valence-corrected chi connectivity index (χ2v) is 5.40. The molecule has 1 aliphatic rings. The van der Waals surface area contributed by atoms with Gasteiger partial charge in [0.05, 0.1) is 5.69 Å². The highest BCUT2D eigenvalue weighted by Gasteiger charge is 2.30. The molecule has 0 atom stereocenters. The van der Waals surface area contributed by atoms with Crippen molar-refractivity contribution < 1.29 is 17.9 Å². The summed E-state index contributed by atoms with van der Waals surface area (Å²) in [6.45, 7) is 6.38. The minimum atomic E-state index is -4.73. The van der Waals surface area contributed by atoms with Gasteiger partial charge in [-0.15, -0.1) is 25.6 Å². The third-order valence-electron chi connectivity index (χ3n) is 3.69. The van der Waals surface area contributed by atoms with Gasteiger partial charge in [-0.05, 0) is 30.8 Å². The van der Waals surface area contributed by atoms with E-state index in [-0.39, 0.29) is 30.1 Å². The normalized spacial score (nSPS) is 17.0. The first-order valence-corrected chi connectivity index (χ1v) is 7.78. The molecule has 0 radical (unpaired) electrons. The van der Waals surface area contributed by atoms with Crippen molar-refractivity contribution in [1.82, 2.24) is 9.80 Å². The summed E-state index contributed by atoms with van der Waals surface area (Å²) in [5, 5.41) is 0. The molecule has 2 rings (SSSR count). The summed E-state index contributed by atoms with van der Waals surface area (Å²) in [7, 11) is 0. The smallest absolute Gasteiger partial charge is 0.406 e. The van der Waals surface area contributed by atoms with E-state index in [0.717, 1.165) is 44.9 Å². The van der Waals surface area contributed by atoms with Crippen molar-refractivity contribution in [3.8, 4) is 5.75 Å². The van der Waals surface area contributed by atoms with Crippen LogP contribution in [-0.4, -0.2) is 60.8 Å². The Balaban J connectivity index is 0.00000338. The van der Waals surface area contributed by atoms with Gasteiger partial charge in [0.25, 0.3) is 0 Å². The molecule has 4 N–H and O–H groups in total. The van der Waals surface area contributed by atoms with Crippen LogP contribution in [0, 0.1) is 0 Å². The highest BCUT2D eigenvalue weighted by atomic mass is 35.5. The molecule has 1 fully saturated rings. The first-order chi connectivity index (χ1) is 11.8. The van der Waals surface area contributed by atoms with E-state index >= 15 is 0 Å². The Bertz CT molecular complexity index is 627. The van der Waals surface area contributed by atoms with Crippen molar-refractivity contribution >= 4 is 30.0 Å². The van der Waals surface area contributed by atoms with Gasteiger partial charge in [0.2, 0.25) is 5.96 Å². The van der Waals surface area contributed by atoms with Gasteiger partial charge in [0, 0.05) is 26.2 Å². The van der Waals surface area contributed by atoms with E-state index in [1.54, 1.807) is 0 Å². The zero-order chi connectivity index (χ0) is 18.4. The highest BCUT2D eigenvalue weighted by molar-refractivity contribution is 5.94. The number of alkyl halides is 3. The van der Waals surface area contributed by atoms with Crippen LogP contribution in [0.1, 0.15) is 6.92 Å². The highest BCUT2D eigenvalue weighted by Crippen LogP contribution is 2.24. The minimum Gasteiger partial charge on any atom is -0.406 e. The molecule has 11 heteroatoms. The molecule has 1 aromatic rings. The van der Waals surface area contributed by atoms with Crippen LogP contribution in [0.3, 0.4) is 0 Å². The molecule has 26 heavy (non-hydrogen) atoms. The molecule has 0 aliphatic carbocycles. The van der Waals surface area contributed by atoms with E-state index in [0.29, 0.717) is 5.69 Å². The molecule has 0 saturated carbocycles. The lowest BCUT2D eigenvalue weighted by Crippen LogP contribution is -2.51. The zero-order valence-corrected chi connectivity index (χ0v) is 15.1. The maximum atomic E-state index is 12.1. The van der Waals surface area contributed by atoms with Crippen LogP contribution in [0.25, 0.3) is 0 Å². The number of ether oxygens (including phenoxy) is 1. The Kier molecular flexibility index (Phi) is 7.97. The third kappa shape index (κ3) is 6.96. The zero-order valence-electron chi connectivity index (χ0n) is 14.2. The monoisotopic (exact) mass is 394 g/mol. The van der Waals surface area contributed by atoms with E-state index < -0.39 is 6.36 Å². The van der Waals surface area contributed by atoms with Gasteiger partial charge >= 0.3 is 6.36 Å². The number of hydrogen-bond donors (Lipinski definition) is 2. The van der Waals surface area contributed by atoms with Crippen molar-refractivity contribution in [2.45, 2.75) is 13.3 Å². The van der Waals surface area contributed by atoms with Gasteiger partial charge in [-0.2, -0.15) is 4.99 Å². The largest absolute Gasteiger partial charge is 0.573 e. The first-order valence-electron chi connectivity index (χ1n) is 7.78. The molecule has 0 spiro atoms. The van der Waals surface area contributed by atoms with E-state index in [4.69, 9.17) is 11.5 Å². The molecule has 0 aromatic heterocycles. The summed E-state index contributed by atoms with van der Waals surface area (Å²) in [4.78, 5) is 12.3. The topological polar surface area (TPSA) is 92.5 Å². The summed E-state index contributed by atoms with van der Waals surface area (Å²) >= 11 is 0. The molecule has 1 heterocycles. The van der Waals surface area contributed by atoms with Crippen LogP contribution in [0.4, 0.5) is 18.9 Å². The molecule has 1 aliphatic heterocycles. The molecular formula is C15H22ClF3N6O. The number of hydrogen-bond acceptors (Lipinski definition) is 3.